The van der Waals surface area contributed by atoms with Gasteiger partial charge in [0.1, 0.15) is 0 Å². The molecule has 1 saturated carbocycles. The predicted molar refractivity (Wildman–Crippen MR) is 95.0 cm³/mol. The Morgan fingerprint density at radius 2 is 1.71 bits per heavy atom. The number of hydrogen-bond acceptors (Lipinski definition) is 4. The first-order valence-electron chi connectivity index (χ1n) is 8.33. The van der Waals surface area contributed by atoms with E-state index in [0.717, 1.165) is 23.7 Å². The number of hydrogen-bond donors (Lipinski definition) is 0. The monoisotopic (exact) mass is 347 g/mol. The van der Waals surface area contributed by atoms with Crippen molar-refractivity contribution in [2.75, 3.05) is 0 Å². The normalized spacial score (nSPS) is 23.1. The molecule has 1 aliphatic carbocycles. The van der Waals surface area contributed by atoms with Crippen LogP contribution in [-0.4, -0.2) is 36.0 Å². The number of rotatable bonds is 3. The van der Waals surface area contributed by atoms with Crippen molar-refractivity contribution in [2.45, 2.75) is 57.0 Å². The molecule has 2 fully saturated rings. The molecule has 1 aromatic heterocycles. The van der Waals surface area contributed by atoms with Crippen LogP contribution in [0.5, 0.6) is 0 Å². The Morgan fingerprint density at radius 3 is 2.29 bits per heavy atom. The van der Waals surface area contributed by atoms with E-state index in [1.54, 1.807) is 6.20 Å². The fourth-order valence-electron chi connectivity index (χ4n) is 3.09. The molecule has 0 spiro atoms. The van der Waals surface area contributed by atoms with E-state index in [9.17, 15) is 8.42 Å². The van der Waals surface area contributed by atoms with E-state index in [4.69, 9.17) is 9.31 Å². The van der Waals surface area contributed by atoms with Crippen molar-refractivity contribution in [3.63, 3.8) is 0 Å². The molecule has 128 valence electrons. The number of nitrogens with zero attached hydrogens (tertiary/aromatic N) is 1. The Hall–Kier alpha value is -1.31. The zero-order valence-corrected chi connectivity index (χ0v) is 15.3. The van der Waals surface area contributed by atoms with Crippen LogP contribution in [0.15, 0.2) is 30.5 Å². The number of fused-ring (bicyclic) bond motifs is 1. The third-order valence-electron chi connectivity index (χ3n) is 5.46. The van der Waals surface area contributed by atoms with Gasteiger partial charge in [0.05, 0.1) is 22.0 Å². The summed E-state index contributed by atoms with van der Waals surface area (Å²) in [5.74, 6) is 0. The van der Waals surface area contributed by atoms with Crippen molar-refractivity contribution in [1.82, 2.24) is 3.97 Å². The van der Waals surface area contributed by atoms with Gasteiger partial charge in [-0.2, -0.15) is 0 Å². The van der Waals surface area contributed by atoms with Gasteiger partial charge in [-0.15, -0.1) is 0 Å². The van der Waals surface area contributed by atoms with E-state index >= 15 is 0 Å². The van der Waals surface area contributed by atoms with E-state index in [2.05, 4.69) is 0 Å². The fourth-order valence-corrected chi connectivity index (χ4v) is 4.81. The average Bonchev–Trinajstić information content (AvgIpc) is 3.20. The molecule has 5 nitrogen and oxygen atoms in total. The van der Waals surface area contributed by atoms with E-state index in [-0.39, 0.29) is 5.25 Å². The molecule has 1 aromatic carbocycles. The lowest BCUT2D eigenvalue weighted by Gasteiger charge is -2.32. The number of aromatic nitrogens is 1. The van der Waals surface area contributed by atoms with Crippen molar-refractivity contribution >= 4 is 33.5 Å². The van der Waals surface area contributed by atoms with Crippen LogP contribution in [0.25, 0.3) is 10.9 Å². The maximum Gasteiger partial charge on any atom is 0.495 e. The van der Waals surface area contributed by atoms with Gasteiger partial charge >= 0.3 is 7.12 Å². The summed E-state index contributed by atoms with van der Waals surface area (Å²) in [7, 11) is -3.80. The molecule has 0 unspecified atom stereocenters. The minimum Gasteiger partial charge on any atom is -0.399 e. The first-order valence-corrected chi connectivity index (χ1v) is 9.84. The summed E-state index contributed by atoms with van der Waals surface area (Å²) in [4.78, 5) is 0. The van der Waals surface area contributed by atoms with Crippen LogP contribution in [0.2, 0.25) is 0 Å². The van der Waals surface area contributed by atoms with E-state index in [1.165, 1.54) is 3.97 Å². The van der Waals surface area contributed by atoms with Crippen LogP contribution >= 0.6 is 0 Å². The first-order chi connectivity index (χ1) is 11.1. The summed E-state index contributed by atoms with van der Waals surface area (Å²) in [5, 5.41) is 0.619. The Bertz CT molecular complexity index is 896. The highest BCUT2D eigenvalue weighted by molar-refractivity contribution is 7.91. The van der Waals surface area contributed by atoms with Gasteiger partial charge in [0.2, 0.25) is 10.0 Å². The third-order valence-corrected chi connectivity index (χ3v) is 7.64. The molecule has 4 rings (SSSR count). The zero-order valence-electron chi connectivity index (χ0n) is 14.4. The van der Waals surface area contributed by atoms with Crippen LogP contribution in [0.1, 0.15) is 40.5 Å². The van der Waals surface area contributed by atoms with Gasteiger partial charge in [-0.05, 0) is 58.1 Å². The molecule has 0 N–H and O–H groups in total. The Morgan fingerprint density at radius 1 is 1.08 bits per heavy atom. The second-order valence-corrected chi connectivity index (χ2v) is 9.81. The van der Waals surface area contributed by atoms with Crippen molar-refractivity contribution < 1.29 is 17.7 Å². The van der Waals surface area contributed by atoms with E-state index in [0.29, 0.717) is 5.52 Å². The molecule has 0 atom stereocenters. The summed E-state index contributed by atoms with van der Waals surface area (Å²) in [6.45, 7) is 8.04. The van der Waals surface area contributed by atoms with E-state index < -0.39 is 28.3 Å². The molecule has 7 heteroatoms. The van der Waals surface area contributed by atoms with Crippen molar-refractivity contribution in [3.05, 3.63) is 30.5 Å². The van der Waals surface area contributed by atoms with Crippen LogP contribution in [-0.2, 0) is 19.3 Å². The topological polar surface area (TPSA) is 57.5 Å². The quantitative estimate of drug-likeness (QED) is 0.800. The molecular formula is C17H22BNO4S. The van der Waals surface area contributed by atoms with Gasteiger partial charge in [0.25, 0.3) is 0 Å². The lowest BCUT2D eigenvalue weighted by Crippen LogP contribution is -2.41. The van der Waals surface area contributed by atoms with Gasteiger partial charge in [-0.1, -0.05) is 12.1 Å². The molecule has 2 heterocycles. The van der Waals surface area contributed by atoms with Crippen LogP contribution in [0.4, 0.5) is 0 Å². The standard InChI is InChI=1S/C17H22BNO4S/c1-16(2)17(3,4)23-18(22-16)14-6-5-7-15-13(14)10-11-19(15)24(20,21)12-8-9-12/h5-7,10-12H,8-9H2,1-4H3. The maximum atomic E-state index is 12.6. The molecule has 2 aromatic rings. The molecular weight excluding hydrogens is 325 g/mol. The average molecular weight is 347 g/mol. The Kier molecular flexibility index (Phi) is 3.28. The second kappa shape index (κ2) is 4.87. The molecule has 1 aliphatic heterocycles. The fraction of sp³-hybridized carbons (Fsp3) is 0.529. The molecule has 0 radical (unpaired) electrons. The number of benzene rings is 1. The smallest absolute Gasteiger partial charge is 0.399 e. The molecule has 0 bridgehead atoms. The zero-order chi connectivity index (χ0) is 17.3. The maximum absolute atomic E-state index is 12.6. The highest BCUT2D eigenvalue weighted by atomic mass is 32.2. The molecule has 2 aliphatic rings. The van der Waals surface area contributed by atoms with Crippen LogP contribution in [0.3, 0.4) is 0 Å². The Balaban J connectivity index is 1.81. The molecule has 0 amide bonds. The molecule has 24 heavy (non-hydrogen) atoms. The first kappa shape index (κ1) is 16.2. The SMILES string of the molecule is CC1(C)OB(c2cccc3c2ccn3S(=O)(=O)C2CC2)OC1(C)C. The van der Waals surface area contributed by atoms with Gasteiger partial charge in [0.15, 0.2) is 0 Å². The van der Waals surface area contributed by atoms with Gasteiger partial charge in [0, 0.05) is 11.6 Å². The van der Waals surface area contributed by atoms with Gasteiger partial charge in [-0.3, -0.25) is 0 Å². The van der Waals surface area contributed by atoms with Crippen molar-refractivity contribution in [3.8, 4) is 0 Å². The lowest BCUT2D eigenvalue weighted by molar-refractivity contribution is 0.00578. The largest absolute Gasteiger partial charge is 0.495 e. The Labute approximate surface area is 143 Å². The van der Waals surface area contributed by atoms with Gasteiger partial charge < -0.3 is 9.31 Å². The molecule has 1 saturated heterocycles. The van der Waals surface area contributed by atoms with Crippen LogP contribution < -0.4 is 5.46 Å². The van der Waals surface area contributed by atoms with Crippen molar-refractivity contribution in [2.24, 2.45) is 0 Å². The summed E-state index contributed by atoms with van der Waals surface area (Å²) < 4.78 is 38.9. The third kappa shape index (κ3) is 2.25. The second-order valence-electron chi connectivity index (χ2n) is 7.72. The highest BCUT2D eigenvalue weighted by Gasteiger charge is 2.52. The summed E-state index contributed by atoms with van der Waals surface area (Å²) in [5.41, 5.74) is 0.704. The predicted octanol–water partition coefficient (Wildman–Crippen LogP) is 2.28. The van der Waals surface area contributed by atoms with Crippen molar-refractivity contribution in [1.29, 1.82) is 0 Å². The van der Waals surface area contributed by atoms with Crippen LogP contribution in [0, 0.1) is 0 Å². The lowest BCUT2D eigenvalue weighted by atomic mass is 9.77. The summed E-state index contributed by atoms with van der Waals surface area (Å²) in [6.07, 6.45) is 3.14. The summed E-state index contributed by atoms with van der Waals surface area (Å²) in [6, 6.07) is 7.49. The summed E-state index contributed by atoms with van der Waals surface area (Å²) >= 11 is 0. The van der Waals surface area contributed by atoms with E-state index in [1.807, 2.05) is 52.0 Å². The van der Waals surface area contributed by atoms with Gasteiger partial charge in [-0.25, -0.2) is 12.4 Å². The highest BCUT2D eigenvalue weighted by Crippen LogP contribution is 2.37. The minimum atomic E-state index is -3.30. The minimum absolute atomic E-state index is 0.242.